The first-order valence-corrected chi connectivity index (χ1v) is 6.36. The van der Waals surface area contributed by atoms with Gasteiger partial charge >= 0.3 is 0 Å². The van der Waals surface area contributed by atoms with Crippen LogP contribution in [0.25, 0.3) is 11.3 Å². The Labute approximate surface area is 137 Å². The lowest BCUT2D eigenvalue weighted by atomic mass is 10.1. The monoisotopic (exact) mass is 332 g/mol. The fourth-order valence-corrected chi connectivity index (χ4v) is 1.79. The highest BCUT2D eigenvalue weighted by atomic mass is 35.5. The maximum absolute atomic E-state index is 13.6. The fraction of sp³-hybridized carbons (Fsp3) is 0.333. The van der Waals surface area contributed by atoms with Crippen LogP contribution in [-0.2, 0) is 6.54 Å². The molecule has 21 heavy (non-hydrogen) atoms. The van der Waals surface area contributed by atoms with E-state index in [-0.39, 0.29) is 30.6 Å². The first kappa shape index (κ1) is 19.9. The van der Waals surface area contributed by atoms with Crippen molar-refractivity contribution in [2.24, 2.45) is 0 Å². The molecule has 0 unspecified atom stereocenters. The lowest BCUT2D eigenvalue weighted by molar-refractivity contribution is -0.001000. The van der Waals surface area contributed by atoms with Crippen LogP contribution in [0.3, 0.4) is 0 Å². The van der Waals surface area contributed by atoms with Crippen LogP contribution in [0.15, 0.2) is 40.8 Å². The zero-order valence-electron chi connectivity index (χ0n) is 12.1. The summed E-state index contributed by atoms with van der Waals surface area (Å²) in [5.41, 5.74) is 0.502. The quantitative estimate of drug-likeness (QED) is 0.563. The van der Waals surface area contributed by atoms with E-state index in [1.165, 1.54) is 6.07 Å². The summed E-state index contributed by atoms with van der Waals surface area (Å²) in [5, 5.41) is 3.28. The van der Waals surface area contributed by atoms with Crippen molar-refractivity contribution in [3.63, 3.8) is 0 Å². The van der Waals surface area contributed by atoms with Crippen molar-refractivity contribution < 1.29 is 33.6 Å². The van der Waals surface area contributed by atoms with Gasteiger partial charge in [-0.3, -0.25) is 0 Å². The zero-order chi connectivity index (χ0) is 13.7. The smallest absolute Gasteiger partial charge is 0.137 e. The van der Waals surface area contributed by atoms with Gasteiger partial charge in [0.25, 0.3) is 0 Å². The van der Waals surface area contributed by atoms with Crippen molar-refractivity contribution in [1.29, 1.82) is 0 Å². The van der Waals surface area contributed by atoms with Gasteiger partial charge in [-0.1, -0.05) is 12.1 Å². The molecular weight excluding hydrogens is 314 g/mol. The van der Waals surface area contributed by atoms with Gasteiger partial charge in [0.15, 0.2) is 0 Å². The third-order valence-electron chi connectivity index (χ3n) is 2.84. The van der Waals surface area contributed by atoms with Crippen molar-refractivity contribution in [2.45, 2.75) is 6.54 Å². The first-order valence-electron chi connectivity index (χ1n) is 6.36. The number of halogens is 3. The first-order chi connectivity index (χ1) is 9.16. The molecule has 1 N–H and O–H groups in total. The van der Waals surface area contributed by atoms with Crippen LogP contribution >= 0.6 is 0 Å². The van der Waals surface area contributed by atoms with Crippen molar-refractivity contribution in [3.05, 3.63) is 48.0 Å². The Hall–Kier alpha value is -1.07. The third-order valence-corrected chi connectivity index (χ3v) is 2.84. The van der Waals surface area contributed by atoms with Crippen molar-refractivity contribution in [2.75, 3.05) is 27.2 Å². The van der Waals surface area contributed by atoms with Crippen LogP contribution in [0.2, 0.25) is 0 Å². The van der Waals surface area contributed by atoms with Crippen LogP contribution in [0.4, 0.5) is 4.39 Å². The molecule has 1 heterocycles. The molecule has 0 aliphatic carbocycles. The molecule has 2 rings (SSSR count). The third kappa shape index (κ3) is 6.06. The predicted molar refractivity (Wildman–Crippen MR) is 74.4 cm³/mol. The second kappa shape index (κ2) is 9.79. The summed E-state index contributed by atoms with van der Waals surface area (Å²) in [7, 11) is 4.07. The van der Waals surface area contributed by atoms with Crippen LogP contribution in [0.1, 0.15) is 5.76 Å². The highest BCUT2D eigenvalue weighted by molar-refractivity contribution is 5.58. The van der Waals surface area contributed by atoms with Gasteiger partial charge in [0.05, 0.1) is 12.1 Å². The summed E-state index contributed by atoms with van der Waals surface area (Å²) in [6.07, 6.45) is 0. The van der Waals surface area contributed by atoms with Gasteiger partial charge in [-0.2, -0.15) is 0 Å². The maximum Gasteiger partial charge on any atom is 0.137 e. The topological polar surface area (TPSA) is 28.4 Å². The number of hydrogen-bond donors (Lipinski definition) is 1. The van der Waals surface area contributed by atoms with Gasteiger partial charge in [-0.15, -0.1) is 0 Å². The molecule has 0 aliphatic heterocycles. The number of rotatable bonds is 6. The Morgan fingerprint density at radius 3 is 2.48 bits per heavy atom. The molecule has 2 aromatic rings. The molecule has 0 saturated carbocycles. The summed E-state index contributed by atoms with van der Waals surface area (Å²) in [6, 6.07) is 10.3. The maximum atomic E-state index is 13.6. The molecule has 0 radical (unpaired) electrons. The number of nitrogens with zero attached hydrogens (tertiary/aromatic N) is 1. The Bertz CT molecular complexity index is 532. The summed E-state index contributed by atoms with van der Waals surface area (Å²) in [6.45, 7) is 2.52. The van der Waals surface area contributed by atoms with Gasteiger partial charge in [0.2, 0.25) is 0 Å². The molecule has 1 aromatic carbocycles. The number of nitrogens with one attached hydrogen (secondary N) is 1. The minimum absolute atomic E-state index is 0. The average molecular weight is 333 g/mol. The molecule has 0 aliphatic rings. The second-order valence-electron chi connectivity index (χ2n) is 4.73. The number of likely N-dealkylation sites (N-methyl/N-ethyl adjacent to an activating group) is 1. The van der Waals surface area contributed by atoms with Crippen molar-refractivity contribution >= 4 is 0 Å². The van der Waals surface area contributed by atoms with Crippen LogP contribution < -0.4 is 30.1 Å². The SMILES string of the molecule is CN(C)CCNCc1ccc(-c2ccccc2F)o1.[Cl-].[Cl-]. The van der Waals surface area contributed by atoms with E-state index in [1.807, 2.05) is 20.2 Å². The van der Waals surface area contributed by atoms with Crippen LogP contribution in [0.5, 0.6) is 0 Å². The molecule has 0 atom stereocenters. The zero-order valence-corrected chi connectivity index (χ0v) is 13.6. The van der Waals surface area contributed by atoms with Crippen LogP contribution in [0, 0.1) is 5.82 Å². The Kier molecular flexibility index (Phi) is 9.29. The van der Waals surface area contributed by atoms with E-state index in [4.69, 9.17) is 4.42 Å². The lowest BCUT2D eigenvalue weighted by Crippen LogP contribution is -3.00. The van der Waals surface area contributed by atoms with E-state index in [1.54, 1.807) is 24.3 Å². The normalized spacial score (nSPS) is 10.1. The van der Waals surface area contributed by atoms with Gasteiger partial charge < -0.3 is 39.4 Å². The van der Waals surface area contributed by atoms with E-state index in [0.29, 0.717) is 17.9 Å². The largest absolute Gasteiger partial charge is 1.00 e. The molecule has 0 saturated heterocycles. The van der Waals surface area contributed by atoms with Gasteiger partial charge in [0, 0.05) is 13.1 Å². The highest BCUT2D eigenvalue weighted by Gasteiger charge is 2.08. The lowest BCUT2D eigenvalue weighted by Gasteiger charge is -2.09. The molecule has 3 nitrogen and oxygen atoms in total. The molecule has 0 amide bonds. The fourth-order valence-electron chi connectivity index (χ4n) is 1.79. The Balaban J connectivity index is 0.00000200. The van der Waals surface area contributed by atoms with Crippen molar-refractivity contribution in [1.82, 2.24) is 10.2 Å². The van der Waals surface area contributed by atoms with Gasteiger partial charge in [0.1, 0.15) is 17.3 Å². The van der Waals surface area contributed by atoms with E-state index >= 15 is 0 Å². The molecule has 118 valence electrons. The minimum Gasteiger partial charge on any atom is -1.00 e. The predicted octanol–water partition coefficient (Wildman–Crippen LogP) is -3.26. The number of benzene rings is 1. The summed E-state index contributed by atoms with van der Waals surface area (Å²) >= 11 is 0. The van der Waals surface area contributed by atoms with E-state index < -0.39 is 0 Å². The summed E-state index contributed by atoms with van der Waals surface area (Å²) < 4.78 is 19.2. The molecular formula is C15H19Cl2FN2O-2. The molecule has 0 fully saturated rings. The molecule has 0 bridgehead atoms. The van der Waals surface area contributed by atoms with E-state index in [9.17, 15) is 4.39 Å². The Morgan fingerprint density at radius 1 is 1.10 bits per heavy atom. The minimum atomic E-state index is -0.260. The van der Waals surface area contributed by atoms with Gasteiger partial charge in [-0.25, -0.2) is 4.39 Å². The van der Waals surface area contributed by atoms with Gasteiger partial charge in [-0.05, 0) is 38.4 Å². The number of hydrogen-bond acceptors (Lipinski definition) is 3. The van der Waals surface area contributed by atoms with E-state index in [0.717, 1.165) is 18.8 Å². The second-order valence-corrected chi connectivity index (χ2v) is 4.73. The van der Waals surface area contributed by atoms with Crippen molar-refractivity contribution in [3.8, 4) is 11.3 Å². The molecule has 6 heteroatoms. The number of furan rings is 1. The highest BCUT2D eigenvalue weighted by Crippen LogP contribution is 2.24. The summed E-state index contributed by atoms with van der Waals surface area (Å²) in [5.74, 6) is 1.13. The molecule has 1 aromatic heterocycles. The average Bonchev–Trinajstić information content (AvgIpc) is 2.83. The van der Waals surface area contributed by atoms with Crippen LogP contribution in [-0.4, -0.2) is 32.1 Å². The summed E-state index contributed by atoms with van der Waals surface area (Å²) in [4.78, 5) is 2.11. The molecule has 0 spiro atoms. The van der Waals surface area contributed by atoms with E-state index in [2.05, 4.69) is 10.2 Å². The standard InChI is InChI=1S/C15H19FN2O.2ClH/c1-18(2)10-9-17-11-12-7-8-15(19-12)13-5-3-4-6-14(13)16;;/h3-8,17H,9-11H2,1-2H3;2*1H/p-2. The Morgan fingerprint density at radius 2 is 1.81 bits per heavy atom.